The molecule has 0 bridgehead atoms. The first-order chi connectivity index (χ1) is 8.31. The number of nitrogens with one attached hydrogen (secondary N) is 1. The van der Waals surface area contributed by atoms with Crippen molar-refractivity contribution < 1.29 is 9.47 Å². The summed E-state index contributed by atoms with van der Waals surface area (Å²) in [6.45, 7) is 0.654. The molecule has 0 saturated carbocycles. The van der Waals surface area contributed by atoms with Crippen molar-refractivity contribution in [3.8, 4) is 17.2 Å². The topological polar surface area (TPSA) is 48.3 Å². The summed E-state index contributed by atoms with van der Waals surface area (Å²) in [5, 5.41) is 7.15. The molecule has 0 fully saturated rings. The normalized spacial score (nSPS) is 10.2. The summed E-state index contributed by atoms with van der Waals surface area (Å²) in [5.41, 5.74) is 0. The number of nitrogens with zero attached hydrogens (tertiary/aromatic N) is 2. The highest BCUT2D eigenvalue weighted by atomic mass is 16.5. The number of methoxy groups -OCH3 is 1. The van der Waals surface area contributed by atoms with Crippen LogP contribution in [-0.2, 0) is 6.67 Å². The van der Waals surface area contributed by atoms with Crippen molar-refractivity contribution in [2.45, 2.75) is 6.67 Å². The Labute approximate surface area is 100.0 Å². The monoisotopic (exact) mass is 233 g/mol. The average molecular weight is 233 g/mol. The van der Waals surface area contributed by atoms with E-state index in [1.165, 1.54) is 0 Å². The predicted molar refractivity (Wildman–Crippen MR) is 64.4 cm³/mol. The maximum absolute atomic E-state index is 5.66. The summed E-state index contributed by atoms with van der Waals surface area (Å²) < 4.78 is 12.5. The third-order valence-corrected chi connectivity index (χ3v) is 2.21. The molecule has 1 heterocycles. The smallest absolute Gasteiger partial charge is 0.165 e. The van der Waals surface area contributed by atoms with Crippen molar-refractivity contribution in [3.63, 3.8) is 0 Å². The van der Waals surface area contributed by atoms with Crippen molar-refractivity contribution in [3.05, 3.63) is 36.7 Å². The quantitative estimate of drug-likeness (QED) is 0.856. The Morgan fingerprint density at radius 1 is 1.29 bits per heavy atom. The van der Waals surface area contributed by atoms with Crippen LogP contribution in [0.2, 0.25) is 0 Å². The van der Waals surface area contributed by atoms with Gasteiger partial charge >= 0.3 is 0 Å². The molecule has 17 heavy (non-hydrogen) atoms. The molecule has 0 aliphatic heterocycles. The number of hydrogen-bond acceptors (Lipinski definition) is 4. The van der Waals surface area contributed by atoms with Crippen molar-refractivity contribution in [1.82, 2.24) is 15.1 Å². The first-order valence-corrected chi connectivity index (χ1v) is 5.31. The fraction of sp³-hybridized carbons (Fsp3) is 0.250. The van der Waals surface area contributed by atoms with Gasteiger partial charge in [-0.25, -0.2) is 0 Å². The summed E-state index contributed by atoms with van der Waals surface area (Å²) in [6.07, 6.45) is 3.51. The lowest BCUT2D eigenvalue weighted by Gasteiger charge is -2.04. The summed E-state index contributed by atoms with van der Waals surface area (Å²) in [4.78, 5) is 0. The summed E-state index contributed by atoms with van der Waals surface area (Å²) in [6, 6.07) is 7.46. The van der Waals surface area contributed by atoms with Gasteiger partial charge in [-0.15, -0.1) is 0 Å². The lowest BCUT2D eigenvalue weighted by Crippen LogP contribution is -2.12. The van der Waals surface area contributed by atoms with E-state index in [4.69, 9.17) is 9.47 Å². The van der Waals surface area contributed by atoms with Crippen LogP contribution in [-0.4, -0.2) is 23.9 Å². The van der Waals surface area contributed by atoms with E-state index in [0.29, 0.717) is 12.4 Å². The zero-order valence-electron chi connectivity index (χ0n) is 9.88. The second-order valence-electron chi connectivity index (χ2n) is 3.51. The molecule has 2 rings (SSSR count). The van der Waals surface area contributed by atoms with E-state index in [9.17, 15) is 0 Å². The zero-order chi connectivity index (χ0) is 12.1. The fourth-order valence-electron chi connectivity index (χ4n) is 1.45. The van der Waals surface area contributed by atoms with Crippen LogP contribution in [0.4, 0.5) is 0 Å². The van der Waals surface area contributed by atoms with Gasteiger partial charge in [-0.2, -0.15) is 5.10 Å². The van der Waals surface area contributed by atoms with E-state index < -0.39 is 0 Å². The predicted octanol–water partition coefficient (Wildman–Crippen LogP) is 1.86. The minimum Gasteiger partial charge on any atom is -0.497 e. The van der Waals surface area contributed by atoms with Crippen molar-refractivity contribution in [1.29, 1.82) is 0 Å². The summed E-state index contributed by atoms with van der Waals surface area (Å²) in [7, 11) is 3.49. The molecule has 0 amide bonds. The van der Waals surface area contributed by atoms with E-state index in [2.05, 4.69) is 10.4 Å². The maximum atomic E-state index is 5.66. The highest BCUT2D eigenvalue weighted by Crippen LogP contribution is 2.24. The van der Waals surface area contributed by atoms with Crippen LogP contribution in [0.15, 0.2) is 36.7 Å². The SMILES string of the molecule is CNCn1cc(Oc2cccc(OC)c2)cn1. The molecule has 2 aromatic rings. The molecule has 0 saturated heterocycles. The Morgan fingerprint density at radius 3 is 2.88 bits per heavy atom. The van der Waals surface area contributed by atoms with Gasteiger partial charge in [0.1, 0.15) is 11.5 Å². The van der Waals surface area contributed by atoms with Crippen LogP contribution >= 0.6 is 0 Å². The van der Waals surface area contributed by atoms with Crippen molar-refractivity contribution >= 4 is 0 Å². The minimum absolute atomic E-state index is 0.654. The fourth-order valence-corrected chi connectivity index (χ4v) is 1.45. The number of rotatable bonds is 5. The lowest BCUT2D eigenvalue weighted by atomic mass is 10.3. The van der Waals surface area contributed by atoms with Crippen molar-refractivity contribution in [2.75, 3.05) is 14.2 Å². The van der Waals surface area contributed by atoms with E-state index in [0.717, 1.165) is 11.5 Å². The molecule has 90 valence electrons. The maximum Gasteiger partial charge on any atom is 0.165 e. The molecular weight excluding hydrogens is 218 g/mol. The van der Waals surface area contributed by atoms with Gasteiger partial charge in [-0.3, -0.25) is 4.68 Å². The molecule has 0 aliphatic rings. The first-order valence-electron chi connectivity index (χ1n) is 5.31. The van der Waals surface area contributed by atoms with Gasteiger partial charge < -0.3 is 14.8 Å². The third kappa shape index (κ3) is 2.98. The second kappa shape index (κ2) is 5.36. The summed E-state index contributed by atoms with van der Waals surface area (Å²) in [5.74, 6) is 2.20. The van der Waals surface area contributed by atoms with E-state index in [1.807, 2.05) is 37.5 Å². The van der Waals surface area contributed by atoms with Gasteiger partial charge in [0, 0.05) is 6.07 Å². The van der Waals surface area contributed by atoms with E-state index in [1.54, 1.807) is 18.0 Å². The standard InChI is InChI=1S/C12H15N3O2/c1-13-9-15-8-12(7-14-15)17-11-5-3-4-10(6-11)16-2/h3-8,13H,9H2,1-2H3. The Bertz CT molecular complexity index is 482. The average Bonchev–Trinajstić information content (AvgIpc) is 2.77. The molecule has 5 heteroatoms. The first kappa shape index (κ1) is 11.5. The van der Waals surface area contributed by atoms with E-state index >= 15 is 0 Å². The van der Waals surface area contributed by atoms with Gasteiger partial charge in [0.05, 0.1) is 26.2 Å². The van der Waals surface area contributed by atoms with Crippen LogP contribution in [0.5, 0.6) is 17.2 Å². The molecule has 0 atom stereocenters. The molecular formula is C12H15N3O2. The van der Waals surface area contributed by atoms with Crippen molar-refractivity contribution in [2.24, 2.45) is 0 Å². The molecule has 1 aromatic heterocycles. The van der Waals surface area contributed by atoms with Gasteiger partial charge in [0.25, 0.3) is 0 Å². The molecule has 1 aromatic carbocycles. The number of benzene rings is 1. The lowest BCUT2D eigenvalue weighted by molar-refractivity contribution is 0.409. The molecule has 0 aliphatic carbocycles. The van der Waals surface area contributed by atoms with Crippen LogP contribution in [0, 0.1) is 0 Å². The molecule has 0 unspecified atom stereocenters. The minimum atomic E-state index is 0.654. The Balaban J connectivity index is 2.08. The Morgan fingerprint density at radius 2 is 2.12 bits per heavy atom. The van der Waals surface area contributed by atoms with Gasteiger partial charge in [-0.05, 0) is 19.2 Å². The third-order valence-electron chi connectivity index (χ3n) is 2.21. The summed E-state index contributed by atoms with van der Waals surface area (Å²) >= 11 is 0. The number of hydrogen-bond donors (Lipinski definition) is 1. The van der Waals surface area contributed by atoms with Crippen LogP contribution < -0.4 is 14.8 Å². The number of ether oxygens (including phenoxy) is 2. The number of aromatic nitrogens is 2. The Hall–Kier alpha value is -2.01. The molecule has 5 nitrogen and oxygen atoms in total. The van der Waals surface area contributed by atoms with Gasteiger partial charge in [-0.1, -0.05) is 6.07 Å². The molecule has 0 radical (unpaired) electrons. The van der Waals surface area contributed by atoms with E-state index in [-0.39, 0.29) is 0 Å². The highest BCUT2D eigenvalue weighted by Gasteiger charge is 2.01. The van der Waals surface area contributed by atoms with Gasteiger partial charge in [0.15, 0.2) is 5.75 Å². The van der Waals surface area contributed by atoms with Crippen LogP contribution in [0.25, 0.3) is 0 Å². The molecule has 1 N–H and O–H groups in total. The van der Waals surface area contributed by atoms with Crippen LogP contribution in [0.1, 0.15) is 0 Å². The Kier molecular flexibility index (Phi) is 3.62. The molecule has 0 spiro atoms. The second-order valence-corrected chi connectivity index (χ2v) is 3.51. The highest BCUT2D eigenvalue weighted by molar-refractivity contribution is 5.35. The van der Waals surface area contributed by atoms with Crippen LogP contribution in [0.3, 0.4) is 0 Å². The van der Waals surface area contributed by atoms with Gasteiger partial charge in [0.2, 0.25) is 0 Å². The largest absolute Gasteiger partial charge is 0.497 e. The zero-order valence-corrected chi connectivity index (χ0v) is 9.88.